The maximum atomic E-state index is 13.1. The normalized spacial score (nSPS) is 18.1. The van der Waals surface area contributed by atoms with E-state index in [1.807, 2.05) is 60.1 Å². The number of hydrogen-bond donors (Lipinski definition) is 3. The van der Waals surface area contributed by atoms with Crippen LogP contribution in [0.5, 0.6) is 0 Å². The Morgan fingerprint density at radius 3 is 2.53 bits per heavy atom. The Morgan fingerprint density at radius 2 is 1.78 bits per heavy atom. The van der Waals surface area contributed by atoms with Crippen LogP contribution in [0.25, 0.3) is 10.9 Å². The molecule has 1 aliphatic rings. The molecule has 2 aromatic carbocycles. The van der Waals surface area contributed by atoms with E-state index >= 15 is 0 Å². The fraction of sp³-hybridized carbons (Fsp3) is 0.357. The maximum Gasteiger partial charge on any atom is 0.268 e. The lowest BCUT2D eigenvalue weighted by molar-refractivity contribution is -0.127. The van der Waals surface area contributed by atoms with Crippen LogP contribution >= 0.6 is 0 Å². The number of anilines is 1. The van der Waals surface area contributed by atoms with Crippen LogP contribution in [0.3, 0.4) is 0 Å². The fourth-order valence-corrected chi connectivity index (χ4v) is 4.83. The summed E-state index contributed by atoms with van der Waals surface area (Å²) >= 11 is 0. The molecule has 0 saturated heterocycles. The standard InChI is InChI=1S/C28H31N5O3/c1-33-24-14-8-5-9-19(24)17-25(33)28(36)32-23-13-7-6-12-22(23)27(35)31-21(18-29)15-16-26(34)30-20-10-3-2-4-11-20/h2-5,8-11,14,17,21-23H,6-7,12-13,15-16H2,1H3,(H,30,34)(H,31,35)(H,32,36)/t21-,22+,23-/m0/s1. The molecule has 1 saturated carbocycles. The molecule has 1 fully saturated rings. The number of nitrogens with one attached hydrogen (secondary N) is 3. The number of para-hydroxylation sites is 2. The Kier molecular flexibility index (Phi) is 8.01. The number of aromatic nitrogens is 1. The van der Waals surface area contributed by atoms with E-state index in [1.165, 1.54) is 0 Å². The van der Waals surface area contributed by atoms with Crippen LogP contribution in [-0.4, -0.2) is 34.4 Å². The average Bonchev–Trinajstić information content (AvgIpc) is 3.24. The molecule has 3 aromatic rings. The molecule has 186 valence electrons. The molecule has 1 heterocycles. The van der Waals surface area contributed by atoms with Crippen LogP contribution in [0.2, 0.25) is 0 Å². The van der Waals surface area contributed by atoms with Crippen LogP contribution in [0, 0.1) is 17.2 Å². The van der Waals surface area contributed by atoms with Gasteiger partial charge in [-0.2, -0.15) is 5.26 Å². The number of fused-ring (bicyclic) bond motifs is 1. The first-order valence-corrected chi connectivity index (χ1v) is 12.4. The molecule has 3 N–H and O–H groups in total. The third-order valence-corrected chi connectivity index (χ3v) is 6.79. The van der Waals surface area contributed by atoms with E-state index in [0.29, 0.717) is 24.2 Å². The summed E-state index contributed by atoms with van der Waals surface area (Å²) in [7, 11) is 1.85. The molecule has 0 unspecified atom stereocenters. The lowest BCUT2D eigenvalue weighted by Gasteiger charge is -2.31. The number of hydrogen-bond acceptors (Lipinski definition) is 4. The number of aryl methyl sites for hydroxylation is 1. The summed E-state index contributed by atoms with van der Waals surface area (Å²) in [4.78, 5) is 38.5. The van der Waals surface area contributed by atoms with E-state index in [2.05, 4.69) is 22.0 Å². The lowest BCUT2D eigenvalue weighted by atomic mass is 9.83. The van der Waals surface area contributed by atoms with E-state index in [-0.39, 0.29) is 36.6 Å². The van der Waals surface area contributed by atoms with Crippen LogP contribution in [0.1, 0.15) is 49.0 Å². The van der Waals surface area contributed by atoms with Crippen molar-refractivity contribution in [2.75, 3.05) is 5.32 Å². The number of carbonyl (C=O) groups excluding carboxylic acids is 3. The number of nitrogens with zero attached hydrogens (tertiary/aromatic N) is 2. The summed E-state index contributed by atoms with van der Waals surface area (Å²) in [6.45, 7) is 0. The Balaban J connectivity index is 1.35. The van der Waals surface area contributed by atoms with Crippen LogP contribution < -0.4 is 16.0 Å². The van der Waals surface area contributed by atoms with Gasteiger partial charge in [-0.15, -0.1) is 0 Å². The molecule has 36 heavy (non-hydrogen) atoms. The molecular formula is C28H31N5O3. The van der Waals surface area contributed by atoms with Gasteiger partial charge in [-0.05, 0) is 43.5 Å². The zero-order valence-electron chi connectivity index (χ0n) is 20.4. The molecular weight excluding hydrogens is 454 g/mol. The van der Waals surface area contributed by atoms with Gasteiger partial charge in [0, 0.05) is 36.1 Å². The van der Waals surface area contributed by atoms with Gasteiger partial charge >= 0.3 is 0 Å². The zero-order chi connectivity index (χ0) is 25.5. The van der Waals surface area contributed by atoms with Gasteiger partial charge in [-0.3, -0.25) is 14.4 Å². The molecule has 8 heteroatoms. The van der Waals surface area contributed by atoms with Crippen molar-refractivity contribution in [1.29, 1.82) is 5.26 Å². The molecule has 0 bridgehead atoms. The minimum absolute atomic E-state index is 0.110. The summed E-state index contributed by atoms with van der Waals surface area (Å²) in [5, 5.41) is 19.2. The van der Waals surface area contributed by atoms with Crippen molar-refractivity contribution >= 4 is 34.3 Å². The van der Waals surface area contributed by atoms with E-state index < -0.39 is 12.0 Å². The number of amides is 3. The van der Waals surface area contributed by atoms with Crippen LogP contribution in [0.15, 0.2) is 60.7 Å². The second-order valence-electron chi connectivity index (χ2n) is 9.26. The Labute approximate surface area is 210 Å². The summed E-state index contributed by atoms with van der Waals surface area (Å²) in [5.74, 6) is -1.11. The quantitative estimate of drug-likeness (QED) is 0.449. The second-order valence-corrected chi connectivity index (χ2v) is 9.26. The molecule has 1 aromatic heterocycles. The smallest absolute Gasteiger partial charge is 0.268 e. The maximum absolute atomic E-state index is 13.1. The largest absolute Gasteiger partial charge is 0.347 e. The number of benzene rings is 2. The van der Waals surface area contributed by atoms with Crippen molar-refractivity contribution in [3.63, 3.8) is 0 Å². The molecule has 8 nitrogen and oxygen atoms in total. The highest BCUT2D eigenvalue weighted by atomic mass is 16.2. The Morgan fingerprint density at radius 1 is 1.06 bits per heavy atom. The minimum Gasteiger partial charge on any atom is -0.347 e. The van der Waals surface area contributed by atoms with Gasteiger partial charge in [0.05, 0.1) is 12.0 Å². The zero-order valence-corrected chi connectivity index (χ0v) is 20.4. The molecule has 4 rings (SSSR count). The highest BCUT2D eigenvalue weighted by Gasteiger charge is 2.33. The molecule has 0 aliphatic heterocycles. The van der Waals surface area contributed by atoms with Gasteiger partial charge in [0.1, 0.15) is 11.7 Å². The Hall–Kier alpha value is -4.12. The van der Waals surface area contributed by atoms with Gasteiger partial charge in [-0.25, -0.2) is 0 Å². The summed E-state index contributed by atoms with van der Waals surface area (Å²) in [6, 6.07) is 19.7. The molecule has 0 radical (unpaired) electrons. The summed E-state index contributed by atoms with van der Waals surface area (Å²) < 4.78 is 1.86. The van der Waals surface area contributed by atoms with Crippen molar-refractivity contribution in [3.05, 3.63) is 66.4 Å². The topological polar surface area (TPSA) is 116 Å². The molecule has 0 spiro atoms. The molecule has 3 atom stereocenters. The molecule has 1 aliphatic carbocycles. The predicted molar refractivity (Wildman–Crippen MR) is 138 cm³/mol. The van der Waals surface area contributed by atoms with Crippen molar-refractivity contribution in [1.82, 2.24) is 15.2 Å². The lowest BCUT2D eigenvalue weighted by Crippen LogP contribution is -2.50. The van der Waals surface area contributed by atoms with Gasteiger partial charge in [-0.1, -0.05) is 49.2 Å². The number of rotatable bonds is 8. The van der Waals surface area contributed by atoms with Crippen molar-refractivity contribution in [2.45, 2.75) is 50.6 Å². The predicted octanol–water partition coefficient (Wildman–Crippen LogP) is 3.89. The van der Waals surface area contributed by atoms with Crippen LogP contribution in [-0.2, 0) is 16.6 Å². The first kappa shape index (κ1) is 25.0. The summed E-state index contributed by atoms with van der Waals surface area (Å²) in [6.07, 6.45) is 3.46. The van der Waals surface area contributed by atoms with Crippen molar-refractivity contribution in [3.8, 4) is 6.07 Å². The average molecular weight is 486 g/mol. The first-order valence-electron chi connectivity index (χ1n) is 12.4. The molecule has 3 amide bonds. The highest BCUT2D eigenvalue weighted by molar-refractivity contribution is 5.99. The van der Waals surface area contributed by atoms with Crippen molar-refractivity contribution < 1.29 is 14.4 Å². The van der Waals surface area contributed by atoms with E-state index in [4.69, 9.17) is 0 Å². The van der Waals surface area contributed by atoms with Gasteiger partial charge in [0.25, 0.3) is 5.91 Å². The monoisotopic (exact) mass is 485 g/mol. The summed E-state index contributed by atoms with van der Waals surface area (Å²) in [5.41, 5.74) is 2.20. The third-order valence-electron chi connectivity index (χ3n) is 6.79. The number of carbonyl (C=O) groups is 3. The van der Waals surface area contributed by atoms with E-state index in [1.54, 1.807) is 12.1 Å². The van der Waals surface area contributed by atoms with Gasteiger partial charge in [0.2, 0.25) is 11.8 Å². The third kappa shape index (κ3) is 5.92. The van der Waals surface area contributed by atoms with E-state index in [9.17, 15) is 19.6 Å². The van der Waals surface area contributed by atoms with Crippen molar-refractivity contribution in [2.24, 2.45) is 13.0 Å². The fourth-order valence-electron chi connectivity index (χ4n) is 4.83. The van der Waals surface area contributed by atoms with Crippen LogP contribution in [0.4, 0.5) is 5.69 Å². The van der Waals surface area contributed by atoms with E-state index in [0.717, 1.165) is 23.7 Å². The highest BCUT2D eigenvalue weighted by Crippen LogP contribution is 2.26. The SMILES string of the molecule is Cn1c(C(=O)N[C@H]2CCCC[C@H]2C(=O)N[C@H](C#N)CCC(=O)Nc2ccccc2)cc2ccccc21. The first-order chi connectivity index (χ1) is 17.5. The van der Waals surface area contributed by atoms with Gasteiger partial charge < -0.3 is 20.5 Å². The second kappa shape index (κ2) is 11.5. The number of nitriles is 1. The Bertz CT molecular complexity index is 1280. The minimum atomic E-state index is -0.782. The van der Waals surface area contributed by atoms with Gasteiger partial charge in [0.15, 0.2) is 0 Å².